The number of non-ortho nitro benzene ring substituents is 1. The van der Waals surface area contributed by atoms with Gasteiger partial charge in [0.15, 0.2) is 5.69 Å². The molecule has 0 saturated heterocycles. The molecule has 0 atom stereocenters. The number of nitro groups is 1. The number of fused-ring (bicyclic) bond motifs is 1. The van der Waals surface area contributed by atoms with Crippen molar-refractivity contribution in [2.24, 2.45) is 11.8 Å². The minimum atomic E-state index is -0.457. The zero-order valence-electron chi connectivity index (χ0n) is 12.9. The van der Waals surface area contributed by atoms with Gasteiger partial charge < -0.3 is 4.90 Å². The first-order valence-corrected chi connectivity index (χ1v) is 7.96. The van der Waals surface area contributed by atoms with Crippen molar-refractivity contribution in [3.63, 3.8) is 0 Å². The number of rotatable bonds is 5. The first-order valence-electron chi connectivity index (χ1n) is 7.96. The lowest BCUT2D eigenvalue weighted by atomic mass is 10.0. The van der Waals surface area contributed by atoms with E-state index in [1.54, 1.807) is 6.07 Å². The quantitative estimate of drug-likeness (QED) is 0.678. The van der Waals surface area contributed by atoms with Gasteiger partial charge in [0.05, 0.1) is 10.4 Å². The molecule has 120 valence electrons. The van der Waals surface area contributed by atoms with E-state index < -0.39 is 4.92 Å². The van der Waals surface area contributed by atoms with Gasteiger partial charge in [-0.3, -0.25) is 20.0 Å². The van der Waals surface area contributed by atoms with Crippen LogP contribution in [0.25, 0.3) is 10.9 Å². The topological polar surface area (TPSA) is 92.1 Å². The third-order valence-electron chi connectivity index (χ3n) is 4.94. The summed E-state index contributed by atoms with van der Waals surface area (Å²) in [5.74, 6) is 1.06. The molecule has 2 aromatic rings. The van der Waals surface area contributed by atoms with Gasteiger partial charge in [-0.25, -0.2) is 0 Å². The van der Waals surface area contributed by atoms with E-state index in [2.05, 4.69) is 10.2 Å². The Hall–Kier alpha value is -2.44. The molecule has 4 rings (SSSR count). The van der Waals surface area contributed by atoms with Crippen LogP contribution in [-0.4, -0.2) is 39.0 Å². The summed E-state index contributed by atoms with van der Waals surface area (Å²) in [5.41, 5.74) is 0.885. The number of aromatic nitrogens is 2. The van der Waals surface area contributed by atoms with Crippen LogP contribution >= 0.6 is 0 Å². The lowest BCUT2D eigenvalue weighted by Gasteiger charge is -2.27. The summed E-state index contributed by atoms with van der Waals surface area (Å²) < 4.78 is 0. The number of amides is 1. The SMILES string of the molecule is CN(C(=O)c1n[nH]c2ccc([N+](=O)[O-])cc12)C(C1CC1)C1CC1. The Kier molecular flexibility index (Phi) is 3.11. The van der Waals surface area contributed by atoms with E-state index in [0.717, 1.165) is 0 Å². The van der Waals surface area contributed by atoms with Crippen molar-refractivity contribution in [2.45, 2.75) is 31.7 Å². The van der Waals surface area contributed by atoms with E-state index in [0.29, 0.717) is 22.7 Å². The molecule has 0 spiro atoms. The summed E-state index contributed by atoms with van der Waals surface area (Å²) in [7, 11) is 1.83. The van der Waals surface area contributed by atoms with Crippen molar-refractivity contribution >= 4 is 22.5 Å². The summed E-state index contributed by atoms with van der Waals surface area (Å²) >= 11 is 0. The molecule has 0 bridgehead atoms. The van der Waals surface area contributed by atoms with Crippen LogP contribution in [0.2, 0.25) is 0 Å². The van der Waals surface area contributed by atoms with Crippen LogP contribution < -0.4 is 0 Å². The van der Waals surface area contributed by atoms with Crippen LogP contribution in [0, 0.1) is 22.0 Å². The summed E-state index contributed by atoms with van der Waals surface area (Å²) in [4.78, 5) is 25.2. The summed E-state index contributed by atoms with van der Waals surface area (Å²) in [6, 6.07) is 4.71. The van der Waals surface area contributed by atoms with Crippen LogP contribution in [0.1, 0.15) is 36.2 Å². The second kappa shape index (κ2) is 5.04. The maximum atomic E-state index is 12.9. The number of H-pyrrole nitrogens is 1. The third-order valence-corrected chi connectivity index (χ3v) is 4.94. The molecule has 0 aliphatic heterocycles. The number of nitrogens with zero attached hydrogens (tertiary/aromatic N) is 3. The molecule has 1 heterocycles. The molecule has 1 aromatic heterocycles. The average Bonchev–Trinajstić information content (AvgIpc) is 3.46. The highest BCUT2D eigenvalue weighted by Gasteiger charge is 2.45. The standard InChI is InChI=1S/C16H18N4O3/c1-19(15(9-2-3-9)10-4-5-10)16(21)14-12-8-11(20(22)23)6-7-13(12)17-18-14/h6-10,15H,2-5H2,1H3,(H,17,18). The number of carbonyl (C=O) groups is 1. The number of hydrogen-bond donors (Lipinski definition) is 1. The Morgan fingerprint density at radius 1 is 1.35 bits per heavy atom. The smallest absolute Gasteiger partial charge is 0.275 e. The minimum absolute atomic E-state index is 0.0310. The molecule has 23 heavy (non-hydrogen) atoms. The number of hydrogen-bond acceptors (Lipinski definition) is 4. The third kappa shape index (κ3) is 2.46. The largest absolute Gasteiger partial charge is 0.337 e. The second-order valence-corrected chi connectivity index (χ2v) is 6.64. The maximum absolute atomic E-state index is 12.9. The molecule has 0 radical (unpaired) electrons. The number of carbonyl (C=O) groups excluding carboxylic acids is 1. The number of nitrogens with one attached hydrogen (secondary N) is 1. The fourth-order valence-electron chi connectivity index (χ4n) is 3.47. The Balaban J connectivity index is 1.68. The Bertz CT molecular complexity index is 780. The van der Waals surface area contributed by atoms with Crippen LogP contribution in [0.4, 0.5) is 5.69 Å². The minimum Gasteiger partial charge on any atom is -0.337 e. The fraction of sp³-hybridized carbons (Fsp3) is 0.500. The predicted octanol–water partition coefficient (Wildman–Crippen LogP) is 2.73. The molecular formula is C16H18N4O3. The van der Waals surface area contributed by atoms with Crippen molar-refractivity contribution in [3.05, 3.63) is 34.0 Å². The molecule has 2 saturated carbocycles. The highest BCUT2D eigenvalue weighted by molar-refractivity contribution is 6.05. The van der Waals surface area contributed by atoms with E-state index in [1.807, 2.05) is 11.9 Å². The highest BCUT2D eigenvalue weighted by atomic mass is 16.6. The number of nitro benzene ring substituents is 1. The Morgan fingerprint density at radius 3 is 2.57 bits per heavy atom. The monoisotopic (exact) mass is 314 g/mol. The van der Waals surface area contributed by atoms with Crippen LogP contribution in [0.15, 0.2) is 18.2 Å². The maximum Gasteiger partial charge on any atom is 0.275 e. The van der Waals surface area contributed by atoms with Crippen molar-refractivity contribution < 1.29 is 9.72 Å². The van der Waals surface area contributed by atoms with Crippen LogP contribution in [-0.2, 0) is 0 Å². The lowest BCUT2D eigenvalue weighted by Crippen LogP contribution is -2.40. The van der Waals surface area contributed by atoms with Gasteiger partial charge in [0, 0.05) is 30.6 Å². The first kappa shape index (κ1) is 14.2. The van der Waals surface area contributed by atoms with Gasteiger partial charge in [-0.1, -0.05) is 0 Å². The number of benzene rings is 1. The summed E-state index contributed by atoms with van der Waals surface area (Å²) in [6.45, 7) is 0. The van der Waals surface area contributed by atoms with Gasteiger partial charge in [-0.15, -0.1) is 0 Å². The molecule has 1 N–H and O–H groups in total. The molecule has 2 aliphatic carbocycles. The van der Waals surface area contributed by atoms with Gasteiger partial charge in [-0.2, -0.15) is 5.10 Å². The van der Waals surface area contributed by atoms with Crippen LogP contribution in [0.5, 0.6) is 0 Å². The van der Waals surface area contributed by atoms with Crippen LogP contribution in [0.3, 0.4) is 0 Å². The normalized spacial score (nSPS) is 17.7. The molecule has 0 unspecified atom stereocenters. The highest BCUT2D eigenvalue weighted by Crippen LogP contribution is 2.47. The fourth-order valence-corrected chi connectivity index (χ4v) is 3.47. The zero-order valence-corrected chi connectivity index (χ0v) is 12.9. The molecule has 7 heteroatoms. The first-order chi connectivity index (χ1) is 11.1. The molecule has 2 fully saturated rings. The average molecular weight is 314 g/mol. The van der Waals surface area contributed by atoms with E-state index in [-0.39, 0.29) is 23.3 Å². The van der Waals surface area contributed by atoms with Crippen molar-refractivity contribution in [1.82, 2.24) is 15.1 Å². The van der Waals surface area contributed by atoms with Gasteiger partial charge in [0.2, 0.25) is 0 Å². The molecule has 1 aromatic carbocycles. The Labute approximate surface area is 132 Å². The summed E-state index contributed by atoms with van der Waals surface area (Å²) in [5, 5.41) is 18.4. The summed E-state index contributed by atoms with van der Waals surface area (Å²) in [6.07, 6.45) is 4.74. The van der Waals surface area contributed by atoms with Gasteiger partial charge in [-0.05, 0) is 43.6 Å². The van der Waals surface area contributed by atoms with Gasteiger partial charge >= 0.3 is 0 Å². The predicted molar refractivity (Wildman–Crippen MR) is 84.1 cm³/mol. The Morgan fingerprint density at radius 2 is 2.00 bits per heavy atom. The van der Waals surface area contributed by atoms with Crippen molar-refractivity contribution in [2.75, 3.05) is 7.05 Å². The number of aromatic amines is 1. The van der Waals surface area contributed by atoms with E-state index >= 15 is 0 Å². The second-order valence-electron chi connectivity index (χ2n) is 6.64. The lowest BCUT2D eigenvalue weighted by molar-refractivity contribution is -0.384. The molecule has 2 aliphatic rings. The van der Waals surface area contributed by atoms with E-state index in [4.69, 9.17) is 0 Å². The van der Waals surface area contributed by atoms with E-state index in [1.165, 1.54) is 37.8 Å². The van der Waals surface area contributed by atoms with Gasteiger partial charge in [0.25, 0.3) is 11.6 Å². The zero-order chi connectivity index (χ0) is 16.1. The molecule has 7 nitrogen and oxygen atoms in total. The van der Waals surface area contributed by atoms with E-state index in [9.17, 15) is 14.9 Å². The molecular weight excluding hydrogens is 296 g/mol. The van der Waals surface area contributed by atoms with Gasteiger partial charge in [0.1, 0.15) is 0 Å². The molecule has 1 amide bonds. The van der Waals surface area contributed by atoms with Crippen molar-refractivity contribution in [1.29, 1.82) is 0 Å². The van der Waals surface area contributed by atoms with Crippen molar-refractivity contribution in [3.8, 4) is 0 Å².